The van der Waals surface area contributed by atoms with Gasteiger partial charge in [0.05, 0.1) is 5.75 Å². The number of halogens is 1. The van der Waals surface area contributed by atoms with Crippen LogP contribution in [0.3, 0.4) is 0 Å². The normalized spacial score (nSPS) is 10.4. The van der Waals surface area contributed by atoms with Crippen molar-refractivity contribution in [2.24, 2.45) is 0 Å². The second-order valence-electron chi connectivity index (χ2n) is 5.99. The molecule has 3 amide bonds. The lowest BCUT2D eigenvalue weighted by Gasteiger charge is -2.08. The summed E-state index contributed by atoms with van der Waals surface area (Å²) in [6, 6.07) is 14.7. The maximum Gasteiger partial charge on any atom is 0.321 e. The Kier molecular flexibility index (Phi) is 7.22. The van der Waals surface area contributed by atoms with Crippen molar-refractivity contribution in [3.63, 3.8) is 0 Å². The quantitative estimate of drug-likeness (QED) is 0.368. The number of benzene rings is 2. The minimum atomic E-state index is -0.599. The molecule has 0 spiro atoms. The van der Waals surface area contributed by atoms with E-state index < -0.39 is 17.8 Å². The second-order valence-corrected chi connectivity index (χ2v) is 6.94. The maximum atomic E-state index is 13.6. The standard InChI is InChI=1S/C19H19FN6O3S/c20-14-8-4-5-9-15(14)29-11-16-24-25-19(26(16)21)30-12-17(27)23-18(28)22-10-13-6-2-1-3-7-13/h1-9H,10-12,21H2,(H2,22,23,27,28). The summed E-state index contributed by atoms with van der Waals surface area (Å²) in [5.74, 6) is 5.09. The van der Waals surface area contributed by atoms with Crippen LogP contribution < -0.4 is 21.2 Å². The van der Waals surface area contributed by atoms with Crippen molar-refractivity contribution in [3.05, 3.63) is 71.8 Å². The van der Waals surface area contributed by atoms with Gasteiger partial charge in [-0.3, -0.25) is 10.1 Å². The number of nitrogens with zero attached hydrogens (tertiary/aromatic N) is 3. The molecule has 4 N–H and O–H groups in total. The smallest absolute Gasteiger partial charge is 0.321 e. The predicted octanol–water partition coefficient (Wildman–Crippen LogP) is 1.83. The van der Waals surface area contributed by atoms with Crippen molar-refractivity contribution in [1.29, 1.82) is 0 Å². The Bertz CT molecular complexity index is 1010. The molecule has 0 aliphatic heterocycles. The number of imide groups is 1. The number of rotatable bonds is 8. The first-order valence-corrected chi connectivity index (χ1v) is 9.82. The van der Waals surface area contributed by atoms with Gasteiger partial charge in [0.2, 0.25) is 11.1 Å². The van der Waals surface area contributed by atoms with Gasteiger partial charge >= 0.3 is 6.03 Å². The van der Waals surface area contributed by atoms with E-state index in [4.69, 9.17) is 10.6 Å². The van der Waals surface area contributed by atoms with Crippen molar-refractivity contribution in [1.82, 2.24) is 25.5 Å². The van der Waals surface area contributed by atoms with Crippen LogP contribution in [0.4, 0.5) is 9.18 Å². The predicted molar refractivity (Wildman–Crippen MR) is 108 cm³/mol. The molecule has 9 nitrogen and oxygen atoms in total. The summed E-state index contributed by atoms with van der Waals surface area (Å²) >= 11 is 1.000. The first kappa shape index (κ1) is 21.1. The van der Waals surface area contributed by atoms with Gasteiger partial charge in [0, 0.05) is 6.54 Å². The molecule has 0 fully saturated rings. The maximum absolute atomic E-state index is 13.6. The molecule has 0 bridgehead atoms. The number of nitrogens with one attached hydrogen (secondary N) is 2. The molecule has 0 unspecified atom stereocenters. The molecule has 0 radical (unpaired) electrons. The summed E-state index contributed by atoms with van der Waals surface area (Å²) in [5.41, 5.74) is 0.913. The van der Waals surface area contributed by atoms with Crippen molar-refractivity contribution in [3.8, 4) is 5.75 Å². The summed E-state index contributed by atoms with van der Waals surface area (Å²) in [7, 11) is 0. The highest BCUT2D eigenvalue weighted by atomic mass is 32.2. The molecule has 2 aromatic carbocycles. The number of hydrogen-bond acceptors (Lipinski definition) is 7. The first-order chi connectivity index (χ1) is 14.5. The van der Waals surface area contributed by atoms with Crippen LogP contribution >= 0.6 is 11.8 Å². The zero-order valence-electron chi connectivity index (χ0n) is 15.7. The lowest BCUT2D eigenvalue weighted by atomic mass is 10.2. The van der Waals surface area contributed by atoms with Gasteiger partial charge < -0.3 is 15.9 Å². The van der Waals surface area contributed by atoms with Crippen LogP contribution in [-0.4, -0.2) is 32.6 Å². The molecule has 3 aromatic rings. The Morgan fingerprint density at radius 3 is 2.60 bits per heavy atom. The van der Waals surface area contributed by atoms with E-state index in [9.17, 15) is 14.0 Å². The number of hydrogen-bond donors (Lipinski definition) is 3. The Hall–Kier alpha value is -3.60. The van der Waals surface area contributed by atoms with E-state index in [-0.39, 0.29) is 29.1 Å². The first-order valence-electron chi connectivity index (χ1n) is 8.84. The molecule has 30 heavy (non-hydrogen) atoms. The Labute approximate surface area is 175 Å². The molecule has 0 aliphatic rings. The highest BCUT2D eigenvalue weighted by Gasteiger charge is 2.15. The van der Waals surface area contributed by atoms with Crippen LogP contribution in [-0.2, 0) is 17.9 Å². The van der Waals surface area contributed by atoms with Crippen LogP contribution in [0.2, 0.25) is 0 Å². The molecule has 1 aromatic heterocycles. The van der Waals surface area contributed by atoms with Crippen molar-refractivity contribution in [2.75, 3.05) is 11.6 Å². The fourth-order valence-corrected chi connectivity index (χ4v) is 3.00. The number of urea groups is 1. The van der Waals surface area contributed by atoms with Gasteiger partial charge in [-0.05, 0) is 17.7 Å². The number of aromatic nitrogens is 3. The summed E-state index contributed by atoms with van der Waals surface area (Å²) < 4.78 is 20.1. The summed E-state index contributed by atoms with van der Waals surface area (Å²) in [5, 5.41) is 12.8. The van der Waals surface area contributed by atoms with Crippen LogP contribution in [0.5, 0.6) is 5.75 Å². The molecule has 1 heterocycles. The molecule has 3 rings (SSSR count). The van der Waals surface area contributed by atoms with Crippen LogP contribution in [0.1, 0.15) is 11.4 Å². The number of amides is 3. The van der Waals surface area contributed by atoms with Gasteiger partial charge in [-0.2, -0.15) is 0 Å². The number of carbonyl (C=O) groups excluding carboxylic acids is 2. The Balaban J connectivity index is 1.43. The molecule has 0 atom stereocenters. The monoisotopic (exact) mass is 430 g/mol. The fourth-order valence-electron chi connectivity index (χ4n) is 2.32. The lowest BCUT2D eigenvalue weighted by molar-refractivity contribution is -0.117. The Morgan fingerprint density at radius 1 is 1.10 bits per heavy atom. The van der Waals surface area contributed by atoms with E-state index in [1.54, 1.807) is 12.1 Å². The number of thioether (sulfide) groups is 1. The van der Waals surface area contributed by atoms with Crippen molar-refractivity contribution < 1.29 is 18.7 Å². The molecule has 0 saturated heterocycles. The van der Waals surface area contributed by atoms with Crippen LogP contribution in [0.15, 0.2) is 59.8 Å². The van der Waals surface area contributed by atoms with Gasteiger partial charge in [-0.15, -0.1) is 10.2 Å². The SMILES string of the molecule is Nn1c(COc2ccccc2F)nnc1SCC(=O)NC(=O)NCc1ccccc1. The van der Waals surface area contributed by atoms with Crippen LogP contribution in [0.25, 0.3) is 0 Å². The minimum absolute atomic E-state index is 0.0654. The number of para-hydroxylation sites is 1. The third-order valence-corrected chi connectivity index (χ3v) is 4.75. The lowest BCUT2D eigenvalue weighted by Crippen LogP contribution is -2.40. The van der Waals surface area contributed by atoms with E-state index >= 15 is 0 Å². The summed E-state index contributed by atoms with van der Waals surface area (Å²) in [4.78, 5) is 23.7. The van der Waals surface area contributed by atoms with Gasteiger partial charge in [0.1, 0.15) is 6.61 Å². The molecule has 156 valence electrons. The molecule has 0 saturated carbocycles. The zero-order chi connectivity index (χ0) is 21.3. The van der Waals surface area contributed by atoms with E-state index in [0.29, 0.717) is 6.54 Å². The van der Waals surface area contributed by atoms with Crippen molar-refractivity contribution >= 4 is 23.7 Å². The van der Waals surface area contributed by atoms with Gasteiger partial charge in [-0.1, -0.05) is 54.2 Å². The molecular formula is C19H19FN6O3S. The average molecular weight is 430 g/mol. The van der Waals surface area contributed by atoms with Gasteiger partial charge in [0.15, 0.2) is 17.4 Å². The van der Waals surface area contributed by atoms with Gasteiger partial charge in [-0.25, -0.2) is 13.9 Å². The zero-order valence-corrected chi connectivity index (χ0v) is 16.6. The van der Waals surface area contributed by atoms with E-state index in [1.165, 1.54) is 12.1 Å². The molecule has 0 aliphatic carbocycles. The summed E-state index contributed by atoms with van der Waals surface area (Å²) in [6.45, 7) is 0.203. The summed E-state index contributed by atoms with van der Waals surface area (Å²) in [6.07, 6.45) is 0. The highest BCUT2D eigenvalue weighted by molar-refractivity contribution is 7.99. The minimum Gasteiger partial charge on any atom is -0.482 e. The van der Waals surface area contributed by atoms with E-state index in [2.05, 4.69) is 20.8 Å². The number of nitrogens with two attached hydrogens (primary N) is 1. The topological polar surface area (TPSA) is 124 Å². The Morgan fingerprint density at radius 2 is 1.83 bits per heavy atom. The number of nitrogen functional groups attached to an aromatic ring is 1. The second kappa shape index (κ2) is 10.3. The highest BCUT2D eigenvalue weighted by Crippen LogP contribution is 2.18. The average Bonchev–Trinajstić information content (AvgIpc) is 3.10. The van der Waals surface area contributed by atoms with E-state index in [0.717, 1.165) is 22.0 Å². The fraction of sp³-hybridized carbons (Fsp3) is 0.158. The van der Waals surface area contributed by atoms with Crippen molar-refractivity contribution in [2.45, 2.75) is 18.3 Å². The third-order valence-electron chi connectivity index (χ3n) is 3.81. The number of carbonyl (C=O) groups is 2. The molecule has 11 heteroatoms. The number of ether oxygens (including phenoxy) is 1. The largest absolute Gasteiger partial charge is 0.482 e. The third kappa shape index (κ3) is 5.95. The van der Waals surface area contributed by atoms with Gasteiger partial charge in [0.25, 0.3) is 0 Å². The molecular weight excluding hydrogens is 411 g/mol. The van der Waals surface area contributed by atoms with Crippen LogP contribution in [0, 0.1) is 5.82 Å². The van der Waals surface area contributed by atoms with E-state index in [1.807, 2.05) is 30.3 Å².